The van der Waals surface area contributed by atoms with Crippen molar-refractivity contribution in [3.63, 3.8) is 0 Å². The van der Waals surface area contributed by atoms with Crippen LogP contribution in [0.5, 0.6) is 0 Å². The molecule has 0 aliphatic heterocycles. The van der Waals surface area contributed by atoms with Crippen molar-refractivity contribution in [1.29, 1.82) is 0 Å². The van der Waals surface area contributed by atoms with Crippen LogP contribution in [0.2, 0.25) is 0 Å². The average molecular weight is 282 g/mol. The van der Waals surface area contributed by atoms with Gasteiger partial charge in [0, 0.05) is 18.0 Å². The van der Waals surface area contributed by atoms with E-state index in [4.69, 9.17) is 0 Å². The molecule has 94 valence electrons. The van der Waals surface area contributed by atoms with Crippen LogP contribution in [0.1, 0.15) is 0 Å². The highest BCUT2D eigenvalue weighted by molar-refractivity contribution is 7.93. The van der Waals surface area contributed by atoms with Crippen LogP contribution < -0.4 is 4.72 Å². The van der Waals surface area contributed by atoms with Gasteiger partial charge in [0.2, 0.25) is 15.2 Å². The molecule has 0 aromatic carbocycles. The average Bonchev–Trinajstić information content (AvgIpc) is 2.77. The Morgan fingerprint density at radius 3 is 2.72 bits per heavy atom. The molecule has 0 radical (unpaired) electrons. The van der Waals surface area contributed by atoms with Gasteiger partial charge in [0.05, 0.1) is 5.75 Å². The summed E-state index contributed by atoms with van der Waals surface area (Å²) in [5, 5.41) is 8.57. The Morgan fingerprint density at radius 2 is 2.06 bits per heavy atom. The van der Waals surface area contributed by atoms with Crippen LogP contribution >= 0.6 is 11.3 Å². The summed E-state index contributed by atoms with van der Waals surface area (Å²) in [6.45, 7) is 3.38. The summed E-state index contributed by atoms with van der Waals surface area (Å²) >= 11 is 1.16. The first-order valence-corrected chi connectivity index (χ1v) is 7.43. The lowest BCUT2D eigenvalue weighted by Gasteiger charge is -1.99. The second-order valence-electron chi connectivity index (χ2n) is 3.32. The van der Waals surface area contributed by atoms with Crippen molar-refractivity contribution in [3.05, 3.63) is 37.2 Å². The highest BCUT2D eigenvalue weighted by atomic mass is 32.2. The van der Waals surface area contributed by atoms with Crippen LogP contribution in [0.25, 0.3) is 10.6 Å². The molecule has 0 atom stereocenters. The predicted octanol–water partition coefficient (Wildman–Crippen LogP) is 1.53. The molecule has 0 unspecified atom stereocenters. The molecule has 0 fully saturated rings. The molecule has 2 aromatic heterocycles. The van der Waals surface area contributed by atoms with Crippen LogP contribution in [0, 0.1) is 0 Å². The lowest BCUT2D eigenvalue weighted by atomic mass is 10.3. The smallest absolute Gasteiger partial charge is 0.238 e. The van der Waals surface area contributed by atoms with Gasteiger partial charge in [-0.25, -0.2) is 8.42 Å². The normalized spacial score (nSPS) is 11.1. The quantitative estimate of drug-likeness (QED) is 0.841. The maximum atomic E-state index is 11.5. The van der Waals surface area contributed by atoms with E-state index in [-0.39, 0.29) is 10.9 Å². The summed E-state index contributed by atoms with van der Waals surface area (Å²) in [6.07, 6.45) is 4.59. The monoisotopic (exact) mass is 282 g/mol. The van der Waals surface area contributed by atoms with Crippen molar-refractivity contribution >= 4 is 26.5 Å². The van der Waals surface area contributed by atoms with Gasteiger partial charge in [0.15, 0.2) is 0 Å². The molecule has 0 amide bonds. The predicted molar refractivity (Wildman–Crippen MR) is 70.7 cm³/mol. The number of nitrogens with zero attached hydrogens (tertiary/aromatic N) is 3. The van der Waals surface area contributed by atoms with Crippen LogP contribution in [0.3, 0.4) is 0 Å². The molecule has 0 aliphatic rings. The Kier molecular flexibility index (Phi) is 3.68. The number of hydrogen-bond acceptors (Lipinski definition) is 6. The van der Waals surface area contributed by atoms with Gasteiger partial charge in [-0.05, 0) is 12.1 Å². The first-order valence-electron chi connectivity index (χ1n) is 4.96. The van der Waals surface area contributed by atoms with Gasteiger partial charge in [0.1, 0.15) is 5.01 Å². The number of pyridine rings is 1. The molecule has 8 heteroatoms. The molecule has 6 nitrogen and oxygen atoms in total. The molecule has 0 saturated carbocycles. The highest BCUT2D eigenvalue weighted by Crippen LogP contribution is 2.26. The first-order chi connectivity index (χ1) is 8.61. The Bertz CT molecular complexity index is 637. The van der Waals surface area contributed by atoms with E-state index in [9.17, 15) is 8.42 Å². The summed E-state index contributed by atoms with van der Waals surface area (Å²) < 4.78 is 25.3. The van der Waals surface area contributed by atoms with Crippen molar-refractivity contribution in [2.75, 3.05) is 10.5 Å². The fourth-order valence-corrected chi connectivity index (χ4v) is 3.05. The molecule has 2 rings (SSSR count). The van der Waals surface area contributed by atoms with E-state index in [1.165, 1.54) is 6.08 Å². The summed E-state index contributed by atoms with van der Waals surface area (Å²) in [5.41, 5.74) is 0.844. The number of hydrogen-bond donors (Lipinski definition) is 1. The zero-order valence-electron chi connectivity index (χ0n) is 9.28. The van der Waals surface area contributed by atoms with E-state index < -0.39 is 10.0 Å². The van der Waals surface area contributed by atoms with Gasteiger partial charge in [-0.1, -0.05) is 17.4 Å². The van der Waals surface area contributed by atoms with Crippen molar-refractivity contribution in [3.8, 4) is 10.6 Å². The zero-order valence-corrected chi connectivity index (χ0v) is 10.9. The third kappa shape index (κ3) is 3.11. The van der Waals surface area contributed by atoms with Gasteiger partial charge in [-0.3, -0.25) is 9.71 Å². The molecule has 18 heavy (non-hydrogen) atoms. The van der Waals surface area contributed by atoms with E-state index in [0.717, 1.165) is 16.9 Å². The highest BCUT2D eigenvalue weighted by Gasteiger charge is 2.12. The van der Waals surface area contributed by atoms with Crippen LogP contribution in [-0.2, 0) is 10.0 Å². The standard InChI is InChI=1S/C10H10N4O2S2/c1-2-7-18(15,16)14-10-13-12-9(17-10)8-3-5-11-6-4-8/h2-6H,1,7H2,(H,13,14). The maximum absolute atomic E-state index is 11.5. The van der Waals surface area contributed by atoms with Crippen molar-refractivity contribution in [2.24, 2.45) is 0 Å². The second kappa shape index (κ2) is 5.23. The first kappa shape index (κ1) is 12.7. The minimum Gasteiger partial charge on any atom is -0.265 e. The van der Waals surface area contributed by atoms with Gasteiger partial charge in [0.25, 0.3) is 0 Å². The molecule has 0 aliphatic carbocycles. The van der Waals surface area contributed by atoms with Crippen LogP contribution in [0.4, 0.5) is 5.13 Å². The van der Waals surface area contributed by atoms with Crippen molar-refractivity contribution < 1.29 is 8.42 Å². The largest absolute Gasteiger partial charge is 0.265 e. The number of nitrogens with one attached hydrogen (secondary N) is 1. The van der Waals surface area contributed by atoms with E-state index in [2.05, 4.69) is 26.5 Å². The van der Waals surface area contributed by atoms with Gasteiger partial charge in [-0.15, -0.1) is 16.8 Å². The molecular weight excluding hydrogens is 272 g/mol. The lowest BCUT2D eigenvalue weighted by Crippen LogP contribution is -2.14. The Labute approximate surface area is 108 Å². The molecule has 2 aromatic rings. The Balaban J connectivity index is 2.19. The maximum Gasteiger partial charge on any atom is 0.238 e. The Morgan fingerprint density at radius 1 is 1.33 bits per heavy atom. The molecule has 1 N–H and O–H groups in total. The molecule has 0 spiro atoms. The third-order valence-corrected chi connectivity index (χ3v) is 4.13. The van der Waals surface area contributed by atoms with E-state index in [0.29, 0.717) is 5.01 Å². The fourth-order valence-electron chi connectivity index (χ4n) is 1.21. The van der Waals surface area contributed by atoms with E-state index in [1.54, 1.807) is 24.5 Å². The lowest BCUT2D eigenvalue weighted by molar-refractivity contribution is 0.604. The summed E-state index contributed by atoms with van der Waals surface area (Å²) in [6, 6.07) is 3.56. The summed E-state index contributed by atoms with van der Waals surface area (Å²) in [7, 11) is -3.43. The minimum atomic E-state index is -3.43. The summed E-state index contributed by atoms with van der Waals surface area (Å²) in [5.74, 6) is -0.156. The number of aromatic nitrogens is 3. The van der Waals surface area contributed by atoms with Crippen LogP contribution in [-0.4, -0.2) is 29.4 Å². The zero-order chi connectivity index (χ0) is 13.0. The van der Waals surface area contributed by atoms with E-state index >= 15 is 0 Å². The Hall–Kier alpha value is -1.80. The molecular formula is C10H10N4O2S2. The van der Waals surface area contributed by atoms with Gasteiger partial charge < -0.3 is 0 Å². The number of anilines is 1. The molecule has 0 saturated heterocycles. The van der Waals surface area contributed by atoms with Gasteiger partial charge >= 0.3 is 0 Å². The SMILES string of the molecule is C=CCS(=O)(=O)Nc1nnc(-c2ccncc2)s1. The topological polar surface area (TPSA) is 84.8 Å². The van der Waals surface area contributed by atoms with Crippen molar-refractivity contribution in [2.45, 2.75) is 0 Å². The number of sulfonamides is 1. The summed E-state index contributed by atoms with van der Waals surface area (Å²) in [4.78, 5) is 3.90. The van der Waals surface area contributed by atoms with Crippen molar-refractivity contribution in [1.82, 2.24) is 15.2 Å². The number of rotatable bonds is 5. The van der Waals surface area contributed by atoms with Gasteiger partial charge in [-0.2, -0.15) is 0 Å². The van der Waals surface area contributed by atoms with E-state index in [1.807, 2.05) is 0 Å². The fraction of sp³-hybridized carbons (Fsp3) is 0.100. The molecule has 2 heterocycles. The second-order valence-corrected chi connectivity index (χ2v) is 6.06. The third-order valence-electron chi connectivity index (χ3n) is 1.93. The van der Waals surface area contributed by atoms with Crippen LogP contribution in [0.15, 0.2) is 37.2 Å². The molecule has 0 bridgehead atoms. The minimum absolute atomic E-state index is 0.156.